The molecule has 1 aliphatic carbocycles. The fourth-order valence-electron chi connectivity index (χ4n) is 5.13. The number of hydrogen-bond acceptors (Lipinski definition) is 5. The first kappa shape index (κ1) is 20.6. The third-order valence-corrected chi connectivity index (χ3v) is 6.86. The molecule has 32 heavy (non-hydrogen) atoms. The number of nitrogens with zero attached hydrogens (tertiary/aromatic N) is 2. The highest BCUT2D eigenvalue weighted by Gasteiger charge is 2.59. The van der Waals surface area contributed by atoms with E-state index in [-0.39, 0.29) is 22.9 Å². The van der Waals surface area contributed by atoms with Gasteiger partial charge < -0.3 is 5.11 Å². The van der Waals surface area contributed by atoms with E-state index in [9.17, 15) is 14.7 Å². The third kappa shape index (κ3) is 3.08. The molecular formula is C27H26N2O3. The van der Waals surface area contributed by atoms with Crippen LogP contribution in [0.25, 0.3) is 0 Å². The molecule has 0 saturated carbocycles. The Kier molecular flexibility index (Phi) is 5.16. The Bertz CT molecular complexity index is 1180. The molecular weight excluding hydrogens is 400 g/mol. The molecule has 5 nitrogen and oxygen atoms in total. The fourth-order valence-corrected chi connectivity index (χ4v) is 5.13. The average molecular weight is 427 g/mol. The zero-order chi connectivity index (χ0) is 22.3. The van der Waals surface area contributed by atoms with Crippen molar-refractivity contribution in [1.82, 2.24) is 9.80 Å². The van der Waals surface area contributed by atoms with Crippen LogP contribution in [-0.2, 0) is 12.1 Å². The second kappa shape index (κ2) is 8.01. The van der Waals surface area contributed by atoms with Crippen molar-refractivity contribution in [3.05, 3.63) is 101 Å². The van der Waals surface area contributed by atoms with Crippen LogP contribution >= 0.6 is 0 Å². The van der Waals surface area contributed by atoms with Crippen LogP contribution in [0.15, 0.2) is 72.8 Å². The first-order valence-electron chi connectivity index (χ1n) is 11.0. The predicted molar refractivity (Wildman–Crippen MR) is 123 cm³/mol. The van der Waals surface area contributed by atoms with Crippen molar-refractivity contribution < 1.29 is 14.7 Å². The largest absolute Gasteiger partial charge is 0.507 e. The number of Topliss-reactive ketones (excluding diaryl/α,β-unsaturated/α-hetero) is 2. The van der Waals surface area contributed by atoms with Crippen molar-refractivity contribution in [2.75, 3.05) is 26.2 Å². The number of fused-ring (bicyclic) bond motifs is 1. The van der Waals surface area contributed by atoms with Crippen molar-refractivity contribution >= 4 is 11.6 Å². The average Bonchev–Trinajstić information content (AvgIpc) is 3.05. The lowest BCUT2D eigenvalue weighted by molar-refractivity contribution is 0.0278. The lowest BCUT2D eigenvalue weighted by Gasteiger charge is -2.44. The highest BCUT2D eigenvalue weighted by Crippen LogP contribution is 2.45. The van der Waals surface area contributed by atoms with Gasteiger partial charge in [-0.15, -0.1) is 0 Å². The monoisotopic (exact) mass is 426 g/mol. The van der Waals surface area contributed by atoms with Crippen LogP contribution < -0.4 is 0 Å². The smallest absolute Gasteiger partial charge is 0.200 e. The van der Waals surface area contributed by atoms with Gasteiger partial charge in [-0.25, -0.2) is 0 Å². The maximum absolute atomic E-state index is 13.8. The van der Waals surface area contributed by atoms with E-state index in [0.29, 0.717) is 24.2 Å². The number of rotatable bonds is 4. The van der Waals surface area contributed by atoms with Crippen LogP contribution in [0, 0.1) is 6.92 Å². The van der Waals surface area contributed by atoms with E-state index in [1.807, 2.05) is 41.3 Å². The minimum Gasteiger partial charge on any atom is -0.507 e. The molecule has 1 heterocycles. The number of carbonyl (C=O) groups is 2. The summed E-state index contributed by atoms with van der Waals surface area (Å²) in [7, 11) is 0. The summed E-state index contributed by atoms with van der Waals surface area (Å²) in [6, 6.07) is 22.4. The first-order valence-corrected chi connectivity index (χ1v) is 11.0. The molecule has 1 aliphatic heterocycles. The number of piperazine rings is 1. The zero-order valence-electron chi connectivity index (χ0n) is 18.1. The predicted octanol–water partition coefficient (Wildman–Crippen LogP) is 3.79. The van der Waals surface area contributed by atoms with Gasteiger partial charge in [-0.1, -0.05) is 66.7 Å². The van der Waals surface area contributed by atoms with Gasteiger partial charge in [0.2, 0.25) is 0 Å². The summed E-state index contributed by atoms with van der Waals surface area (Å²) in [6.07, 6.45) is 0. The summed E-state index contributed by atoms with van der Waals surface area (Å²) in [5, 5.41) is 10.4. The van der Waals surface area contributed by atoms with E-state index in [1.54, 1.807) is 12.1 Å². The minimum atomic E-state index is -1.42. The summed E-state index contributed by atoms with van der Waals surface area (Å²) in [4.78, 5) is 32.0. The van der Waals surface area contributed by atoms with Gasteiger partial charge in [-0.05, 0) is 29.7 Å². The molecule has 1 saturated heterocycles. The molecule has 1 unspecified atom stereocenters. The molecule has 0 bridgehead atoms. The summed E-state index contributed by atoms with van der Waals surface area (Å²) < 4.78 is 0. The van der Waals surface area contributed by atoms with Gasteiger partial charge in [-0.2, -0.15) is 0 Å². The molecule has 0 spiro atoms. The maximum atomic E-state index is 13.8. The molecule has 5 heteroatoms. The number of carbonyl (C=O) groups excluding carboxylic acids is 2. The standard InChI is InChI=1S/C27H26N2O3/c1-19-8-5-6-9-20(19)18-28-14-16-29(17-15-28)27(21-10-3-2-4-11-21)25(31)22-12-7-13-23(30)24(22)26(27)32/h2-13,30H,14-18H2,1H3. The molecule has 1 fully saturated rings. The Morgan fingerprint density at radius 2 is 1.50 bits per heavy atom. The number of aromatic hydroxyl groups is 1. The van der Waals surface area contributed by atoms with E-state index in [2.05, 4.69) is 30.0 Å². The topological polar surface area (TPSA) is 60.9 Å². The first-order chi connectivity index (χ1) is 15.5. The molecule has 5 rings (SSSR count). The van der Waals surface area contributed by atoms with Crippen LogP contribution in [0.4, 0.5) is 0 Å². The summed E-state index contributed by atoms with van der Waals surface area (Å²) in [6.45, 7) is 5.66. The van der Waals surface area contributed by atoms with Crippen molar-refractivity contribution in [3.63, 3.8) is 0 Å². The lowest BCUT2D eigenvalue weighted by atomic mass is 9.82. The summed E-state index contributed by atoms with van der Waals surface area (Å²) in [5.41, 5.74) is 2.26. The Balaban J connectivity index is 1.48. The fraction of sp³-hybridized carbons (Fsp3) is 0.259. The van der Waals surface area contributed by atoms with Gasteiger partial charge in [0.1, 0.15) is 5.75 Å². The molecule has 0 amide bonds. The van der Waals surface area contributed by atoms with E-state index in [4.69, 9.17) is 0 Å². The van der Waals surface area contributed by atoms with Crippen molar-refractivity contribution in [3.8, 4) is 5.75 Å². The van der Waals surface area contributed by atoms with Crippen molar-refractivity contribution in [2.45, 2.75) is 19.0 Å². The highest BCUT2D eigenvalue weighted by atomic mass is 16.3. The van der Waals surface area contributed by atoms with Crippen molar-refractivity contribution in [2.24, 2.45) is 0 Å². The Morgan fingerprint density at radius 1 is 0.812 bits per heavy atom. The molecule has 162 valence electrons. The molecule has 2 aliphatic rings. The summed E-state index contributed by atoms with van der Waals surface area (Å²) >= 11 is 0. The van der Waals surface area contributed by atoms with Crippen LogP contribution in [0.5, 0.6) is 5.75 Å². The van der Waals surface area contributed by atoms with Crippen LogP contribution in [0.3, 0.4) is 0 Å². The second-order valence-electron chi connectivity index (χ2n) is 8.62. The van der Waals surface area contributed by atoms with E-state index < -0.39 is 5.54 Å². The van der Waals surface area contributed by atoms with Gasteiger partial charge >= 0.3 is 0 Å². The summed E-state index contributed by atoms with van der Waals surface area (Å²) in [5.74, 6) is -0.696. The van der Waals surface area contributed by atoms with Crippen molar-refractivity contribution in [1.29, 1.82) is 0 Å². The van der Waals surface area contributed by atoms with Gasteiger partial charge in [0.05, 0.1) is 5.56 Å². The van der Waals surface area contributed by atoms with Gasteiger partial charge in [0, 0.05) is 38.3 Å². The number of aryl methyl sites for hydroxylation is 1. The number of phenols is 1. The van der Waals surface area contributed by atoms with Crippen LogP contribution in [-0.4, -0.2) is 52.7 Å². The normalized spacial score (nSPS) is 21.7. The minimum absolute atomic E-state index is 0.128. The Morgan fingerprint density at radius 3 is 2.19 bits per heavy atom. The number of benzene rings is 3. The molecule has 1 atom stereocenters. The molecule has 0 radical (unpaired) electrons. The van der Waals surface area contributed by atoms with Crippen LogP contribution in [0.2, 0.25) is 0 Å². The maximum Gasteiger partial charge on any atom is 0.200 e. The zero-order valence-corrected chi connectivity index (χ0v) is 18.1. The number of ketones is 2. The quantitative estimate of drug-likeness (QED) is 0.643. The molecule has 0 aromatic heterocycles. The van der Waals surface area contributed by atoms with Gasteiger partial charge in [0.15, 0.2) is 17.1 Å². The highest BCUT2D eigenvalue weighted by molar-refractivity contribution is 6.33. The molecule has 3 aromatic carbocycles. The Labute approximate surface area is 187 Å². The van der Waals surface area contributed by atoms with E-state index in [0.717, 1.165) is 19.6 Å². The van der Waals surface area contributed by atoms with Gasteiger partial charge in [-0.3, -0.25) is 19.4 Å². The number of phenolic OH excluding ortho intramolecular Hbond substituents is 1. The SMILES string of the molecule is Cc1ccccc1CN1CCN(C2(c3ccccc3)C(=O)c3cccc(O)c3C2=O)CC1. The van der Waals surface area contributed by atoms with E-state index in [1.165, 1.54) is 17.2 Å². The lowest BCUT2D eigenvalue weighted by Crippen LogP contribution is -2.60. The Hall–Kier alpha value is -3.28. The van der Waals surface area contributed by atoms with E-state index >= 15 is 0 Å². The molecule has 3 aromatic rings. The molecule has 1 N–H and O–H groups in total. The van der Waals surface area contributed by atoms with Gasteiger partial charge in [0.25, 0.3) is 0 Å². The number of hydrogen-bond donors (Lipinski definition) is 1. The second-order valence-corrected chi connectivity index (χ2v) is 8.62. The third-order valence-electron chi connectivity index (χ3n) is 6.86. The van der Waals surface area contributed by atoms with Crippen LogP contribution in [0.1, 0.15) is 37.4 Å².